The number of amides is 1. The fourth-order valence-corrected chi connectivity index (χ4v) is 4.47. The quantitative estimate of drug-likeness (QED) is 0.465. The molecule has 6 nitrogen and oxygen atoms in total. The third-order valence-electron chi connectivity index (χ3n) is 5.24. The summed E-state index contributed by atoms with van der Waals surface area (Å²) in [4.78, 5) is 30.4. The molecule has 1 aliphatic rings. The Labute approximate surface area is 188 Å². The van der Waals surface area contributed by atoms with E-state index < -0.39 is 5.97 Å². The number of carbonyl (C=O) groups is 2. The number of nitrogens with zero attached hydrogens (tertiary/aromatic N) is 2. The van der Waals surface area contributed by atoms with E-state index >= 15 is 0 Å². The normalized spacial score (nSPS) is 12.9. The number of carbonyl (C=O) groups excluding carboxylic acids is 1. The molecular formula is C25H18N2O4S. The van der Waals surface area contributed by atoms with Gasteiger partial charge in [0, 0.05) is 16.5 Å². The summed E-state index contributed by atoms with van der Waals surface area (Å²) in [5, 5.41) is 12.2. The van der Waals surface area contributed by atoms with Crippen LogP contribution < -0.4 is 9.64 Å². The molecule has 0 fully saturated rings. The minimum absolute atomic E-state index is 0.0557. The van der Waals surface area contributed by atoms with E-state index in [4.69, 9.17) is 9.72 Å². The minimum atomic E-state index is -0.999. The molecule has 1 N–H and O–H groups in total. The number of hydrogen-bond donors (Lipinski definition) is 1. The van der Waals surface area contributed by atoms with Crippen molar-refractivity contribution in [2.24, 2.45) is 0 Å². The highest BCUT2D eigenvalue weighted by Crippen LogP contribution is 2.38. The minimum Gasteiger partial charge on any atom is -0.482 e. The summed E-state index contributed by atoms with van der Waals surface area (Å²) >= 11 is 1.56. The molecule has 5 rings (SSSR count). The van der Waals surface area contributed by atoms with E-state index in [0.717, 1.165) is 27.4 Å². The number of aromatic nitrogens is 1. The largest absolute Gasteiger partial charge is 0.482 e. The molecule has 3 aromatic carbocycles. The first-order chi connectivity index (χ1) is 15.6. The van der Waals surface area contributed by atoms with E-state index in [1.807, 2.05) is 60.0 Å². The van der Waals surface area contributed by atoms with Gasteiger partial charge in [0.25, 0.3) is 5.91 Å². The lowest BCUT2D eigenvalue weighted by molar-refractivity contribution is -0.121. The van der Waals surface area contributed by atoms with Crippen LogP contribution in [0.25, 0.3) is 21.8 Å². The monoisotopic (exact) mass is 442 g/mol. The van der Waals surface area contributed by atoms with Gasteiger partial charge in [0.2, 0.25) is 0 Å². The number of anilines is 1. The fourth-order valence-electron chi connectivity index (χ4n) is 3.64. The van der Waals surface area contributed by atoms with Gasteiger partial charge in [-0.1, -0.05) is 42.5 Å². The van der Waals surface area contributed by atoms with Crippen LogP contribution in [-0.2, 0) is 11.3 Å². The summed E-state index contributed by atoms with van der Waals surface area (Å²) in [6.07, 6.45) is 0. The molecule has 0 aliphatic carbocycles. The van der Waals surface area contributed by atoms with E-state index in [0.29, 0.717) is 11.4 Å². The van der Waals surface area contributed by atoms with Crippen molar-refractivity contribution in [2.45, 2.75) is 6.54 Å². The van der Waals surface area contributed by atoms with Crippen molar-refractivity contribution in [2.75, 3.05) is 11.5 Å². The first kappa shape index (κ1) is 20.0. The molecule has 1 amide bonds. The smallest absolute Gasteiger partial charge is 0.335 e. The van der Waals surface area contributed by atoms with Crippen LogP contribution in [0, 0.1) is 0 Å². The standard InChI is InChI=1S/C25H18N2O4S/c28-23-14-31-22-10-9-18(20-15-32-24(26-20)17-6-2-1-3-7-17)12-21(22)27(23)13-16-5-4-8-19(11-16)25(29)30/h1-12,15H,13-14H2,(H,29,30). The van der Waals surface area contributed by atoms with Crippen LogP contribution in [-0.4, -0.2) is 28.6 Å². The van der Waals surface area contributed by atoms with Crippen molar-refractivity contribution in [3.8, 4) is 27.6 Å². The summed E-state index contributed by atoms with van der Waals surface area (Å²) in [6, 6.07) is 22.3. The van der Waals surface area contributed by atoms with Crippen molar-refractivity contribution < 1.29 is 19.4 Å². The number of fused-ring (bicyclic) bond motifs is 1. The third kappa shape index (κ3) is 3.86. The van der Waals surface area contributed by atoms with Gasteiger partial charge in [-0.2, -0.15) is 0 Å². The van der Waals surface area contributed by atoms with Crippen molar-refractivity contribution in [3.05, 3.63) is 89.3 Å². The molecular weight excluding hydrogens is 424 g/mol. The van der Waals surface area contributed by atoms with Gasteiger partial charge in [-0.05, 0) is 35.9 Å². The molecule has 7 heteroatoms. The van der Waals surface area contributed by atoms with Crippen LogP contribution in [0.1, 0.15) is 15.9 Å². The number of ether oxygens (including phenoxy) is 1. The highest BCUT2D eigenvalue weighted by Gasteiger charge is 2.26. The van der Waals surface area contributed by atoms with Crippen LogP contribution in [0.15, 0.2) is 78.2 Å². The molecule has 1 aliphatic heterocycles. The number of carboxylic acid groups (broad SMARTS) is 1. The van der Waals surface area contributed by atoms with E-state index in [2.05, 4.69) is 0 Å². The molecule has 0 bridgehead atoms. The molecule has 0 radical (unpaired) electrons. The molecule has 0 atom stereocenters. The number of hydrogen-bond acceptors (Lipinski definition) is 5. The second-order valence-corrected chi connectivity index (χ2v) is 8.22. The maximum absolute atomic E-state index is 12.7. The Morgan fingerprint density at radius 3 is 2.69 bits per heavy atom. The fraction of sp³-hybridized carbons (Fsp3) is 0.0800. The lowest BCUT2D eigenvalue weighted by atomic mass is 10.1. The van der Waals surface area contributed by atoms with Gasteiger partial charge < -0.3 is 14.7 Å². The molecule has 1 aromatic heterocycles. The second-order valence-electron chi connectivity index (χ2n) is 7.36. The molecule has 32 heavy (non-hydrogen) atoms. The molecule has 0 unspecified atom stereocenters. The van der Waals surface area contributed by atoms with Crippen LogP contribution in [0.3, 0.4) is 0 Å². The Balaban J connectivity index is 1.48. The van der Waals surface area contributed by atoms with Crippen LogP contribution >= 0.6 is 11.3 Å². The van der Waals surface area contributed by atoms with Crippen molar-refractivity contribution in [3.63, 3.8) is 0 Å². The predicted molar refractivity (Wildman–Crippen MR) is 123 cm³/mol. The summed E-state index contributed by atoms with van der Waals surface area (Å²) in [6.45, 7) is 0.200. The van der Waals surface area contributed by atoms with Gasteiger partial charge >= 0.3 is 5.97 Å². The van der Waals surface area contributed by atoms with Crippen molar-refractivity contribution in [1.82, 2.24) is 4.98 Å². The summed E-state index contributed by atoms with van der Waals surface area (Å²) in [5.41, 5.74) is 4.32. The van der Waals surface area contributed by atoms with E-state index in [-0.39, 0.29) is 24.6 Å². The number of thiazole rings is 1. The average molecular weight is 442 g/mol. The Bertz CT molecular complexity index is 1320. The van der Waals surface area contributed by atoms with Gasteiger partial charge in [-0.3, -0.25) is 4.79 Å². The first-order valence-corrected chi connectivity index (χ1v) is 10.9. The van der Waals surface area contributed by atoms with E-state index in [9.17, 15) is 14.7 Å². The molecule has 0 spiro atoms. The first-order valence-electron chi connectivity index (χ1n) is 9.99. The van der Waals surface area contributed by atoms with Crippen molar-refractivity contribution in [1.29, 1.82) is 0 Å². The number of aromatic carboxylic acids is 1. The number of rotatable bonds is 5. The molecule has 158 valence electrons. The zero-order valence-electron chi connectivity index (χ0n) is 16.9. The number of benzene rings is 3. The highest BCUT2D eigenvalue weighted by atomic mass is 32.1. The molecule has 0 saturated carbocycles. The zero-order chi connectivity index (χ0) is 22.1. The molecule has 4 aromatic rings. The Hall–Kier alpha value is -3.97. The van der Waals surface area contributed by atoms with E-state index in [1.54, 1.807) is 28.4 Å². The topological polar surface area (TPSA) is 79.7 Å². The third-order valence-corrected chi connectivity index (χ3v) is 6.13. The van der Waals surface area contributed by atoms with E-state index in [1.165, 1.54) is 6.07 Å². The Kier molecular flexibility index (Phi) is 5.17. The lowest BCUT2D eigenvalue weighted by Crippen LogP contribution is -2.38. The van der Waals surface area contributed by atoms with Gasteiger partial charge in [0.15, 0.2) is 6.61 Å². The van der Waals surface area contributed by atoms with Gasteiger partial charge in [0.1, 0.15) is 10.8 Å². The average Bonchev–Trinajstić information content (AvgIpc) is 3.32. The maximum Gasteiger partial charge on any atom is 0.335 e. The SMILES string of the molecule is O=C(O)c1cccc(CN2C(=O)COc3ccc(-c4csc(-c5ccccc5)n4)cc32)c1. The Morgan fingerprint density at radius 1 is 1.03 bits per heavy atom. The molecule has 0 saturated heterocycles. The zero-order valence-corrected chi connectivity index (χ0v) is 17.7. The summed E-state index contributed by atoms with van der Waals surface area (Å²) in [7, 11) is 0. The van der Waals surface area contributed by atoms with Crippen LogP contribution in [0.5, 0.6) is 5.75 Å². The van der Waals surface area contributed by atoms with Gasteiger partial charge in [-0.25, -0.2) is 9.78 Å². The van der Waals surface area contributed by atoms with Gasteiger partial charge in [0.05, 0.1) is 23.5 Å². The van der Waals surface area contributed by atoms with Gasteiger partial charge in [-0.15, -0.1) is 11.3 Å². The highest BCUT2D eigenvalue weighted by molar-refractivity contribution is 7.13. The van der Waals surface area contributed by atoms with Crippen LogP contribution in [0.4, 0.5) is 5.69 Å². The Morgan fingerprint density at radius 2 is 1.88 bits per heavy atom. The number of carboxylic acids is 1. The summed E-state index contributed by atoms with van der Waals surface area (Å²) in [5.74, 6) is -0.569. The van der Waals surface area contributed by atoms with Crippen molar-refractivity contribution >= 4 is 28.9 Å². The molecule has 2 heterocycles. The maximum atomic E-state index is 12.7. The predicted octanol–water partition coefficient (Wildman–Crippen LogP) is 5.10. The van der Waals surface area contributed by atoms with Crippen LogP contribution in [0.2, 0.25) is 0 Å². The lowest BCUT2D eigenvalue weighted by Gasteiger charge is -2.30. The summed E-state index contributed by atoms with van der Waals surface area (Å²) < 4.78 is 5.63. The second kappa shape index (κ2) is 8.28.